The van der Waals surface area contributed by atoms with Gasteiger partial charge in [-0.3, -0.25) is 9.52 Å². The van der Waals surface area contributed by atoms with Crippen LogP contribution in [0.3, 0.4) is 0 Å². The molecule has 0 aliphatic carbocycles. The van der Waals surface area contributed by atoms with Crippen LogP contribution in [0.4, 0.5) is 5.69 Å². The van der Waals surface area contributed by atoms with Gasteiger partial charge in [-0.2, -0.15) is 0 Å². The van der Waals surface area contributed by atoms with E-state index in [1.807, 2.05) is 26.0 Å². The maximum Gasteiger partial charge on any atom is 0.270 e. The highest BCUT2D eigenvalue weighted by atomic mass is 32.2. The molecular formula is C19H25N3O3S. The highest BCUT2D eigenvalue weighted by Gasteiger charge is 2.28. The lowest BCUT2D eigenvalue weighted by Gasteiger charge is -2.15. The molecule has 0 spiro atoms. The Morgan fingerprint density at radius 1 is 1.08 bits per heavy atom. The van der Waals surface area contributed by atoms with Gasteiger partial charge in [0.15, 0.2) is 0 Å². The molecule has 0 radical (unpaired) electrons. The van der Waals surface area contributed by atoms with Gasteiger partial charge in [0.05, 0.1) is 5.69 Å². The van der Waals surface area contributed by atoms with E-state index in [-0.39, 0.29) is 10.8 Å². The van der Waals surface area contributed by atoms with Crippen molar-refractivity contribution in [3.8, 4) is 0 Å². The third-order valence-electron chi connectivity index (χ3n) is 5.02. The van der Waals surface area contributed by atoms with E-state index in [1.165, 1.54) is 6.07 Å². The average molecular weight is 375 g/mol. The topological polar surface area (TPSA) is 71.4 Å². The second-order valence-electron chi connectivity index (χ2n) is 6.96. The molecule has 1 amide bonds. The molecule has 1 aliphatic rings. The maximum absolute atomic E-state index is 12.9. The van der Waals surface area contributed by atoms with Gasteiger partial charge in [-0.1, -0.05) is 17.7 Å². The molecule has 1 fully saturated rings. The zero-order valence-corrected chi connectivity index (χ0v) is 16.5. The minimum atomic E-state index is -3.78. The largest absolute Gasteiger partial charge is 0.343 e. The third-order valence-corrected chi connectivity index (χ3v) is 6.50. The molecule has 1 N–H and O–H groups in total. The standard InChI is InChI=1S/C19H25N3O3S/c1-13-7-8-16(14(2)11-13)20-26(24,25)18-12-17(21(4)15(18)3)19(23)22-9-5-6-10-22/h7-8,11-12,20H,5-6,9-10H2,1-4H3. The van der Waals surface area contributed by atoms with E-state index in [0.717, 1.165) is 37.1 Å². The number of carbonyl (C=O) groups is 1. The van der Waals surface area contributed by atoms with Crippen LogP contribution in [0, 0.1) is 20.8 Å². The number of amides is 1. The Balaban J connectivity index is 1.95. The molecule has 0 unspecified atom stereocenters. The van der Waals surface area contributed by atoms with Crippen molar-refractivity contribution < 1.29 is 13.2 Å². The van der Waals surface area contributed by atoms with E-state index in [4.69, 9.17) is 0 Å². The van der Waals surface area contributed by atoms with E-state index in [0.29, 0.717) is 17.1 Å². The Bertz CT molecular complexity index is 955. The molecule has 1 aromatic heterocycles. The summed E-state index contributed by atoms with van der Waals surface area (Å²) >= 11 is 0. The predicted molar refractivity (Wildman–Crippen MR) is 102 cm³/mol. The Morgan fingerprint density at radius 3 is 2.35 bits per heavy atom. The molecule has 26 heavy (non-hydrogen) atoms. The number of nitrogens with zero attached hydrogens (tertiary/aromatic N) is 2. The molecule has 0 bridgehead atoms. The average Bonchev–Trinajstić information content (AvgIpc) is 3.20. The minimum absolute atomic E-state index is 0.110. The molecule has 1 aromatic carbocycles. The number of nitrogens with one attached hydrogen (secondary N) is 1. The van der Waals surface area contributed by atoms with E-state index < -0.39 is 10.0 Å². The van der Waals surface area contributed by atoms with Crippen molar-refractivity contribution in [2.24, 2.45) is 7.05 Å². The fourth-order valence-electron chi connectivity index (χ4n) is 3.36. The number of rotatable bonds is 4. The van der Waals surface area contributed by atoms with Crippen LogP contribution < -0.4 is 4.72 Å². The third kappa shape index (κ3) is 3.35. The summed E-state index contributed by atoms with van der Waals surface area (Å²) in [6.07, 6.45) is 1.99. The van der Waals surface area contributed by atoms with E-state index in [2.05, 4.69) is 4.72 Å². The highest BCUT2D eigenvalue weighted by Crippen LogP contribution is 2.26. The number of hydrogen-bond acceptors (Lipinski definition) is 3. The van der Waals surface area contributed by atoms with Gasteiger partial charge in [-0.15, -0.1) is 0 Å². The Labute approximate surface area is 154 Å². The summed E-state index contributed by atoms with van der Waals surface area (Å²) in [4.78, 5) is 14.6. The summed E-state index contributed by atoms with van der Waals surface area (Å²) < 4.78 is 30.2. The SMILES string of the molecule is Cc1ccc(NS(=O)(=O)c2cc(C(=O)N3CCCC3)n(C)c2C)c(C)c1. The summed E-state index contributed by atoms with van der Waals surface area (Å²) in [5, 5.41) is 0. The van der Waals surface area contributed by atoms with Crippen LogP contribution in [0.25, 0.3) is 0 Å². The first kappa shape index (κ1) is 18.5. The molecule has 2 aromatic rings. The van der Waals surface area contributed by atoms with Gasteiger partial charge < -0.3 is 9.47 Å². The first-order valence-corrected chi connectivity index (χ1v) is 10.2. The fraction of sp³-hybridized carbons (Fsp3) is 0.421. The molecular weight excluding hydrogens is 350 g/mol. The van der Waals surface area contributed by atoms with Gasteiger partial charge in [-0.25, -0.2) is 8.42 Å². The van der Waals surface area contributed by atoms with Crippen LogP contribution in [0.1, 0.15) is 40.2 Å². The summed E-state index contributed by atoms with van der Waals surface area (Å²) in [6, 6.07) is 7.04. The molecule has 7 heteroatoms. The van der Waals surface area contributed by atoms with Crippen LogP contribution in [-0.2, 0) is 17.1 Å². The van der Waals surface area contributed by atoms with Crippen molar-refractivity contribution in [3.05, 3.63) is 46.8 Å². The van der Waals surface area contributed by atoms with Crippen molar-refractivity contribution in [1.82, 2.24) is 9.47 Å². The van der Waals surface area contributed by atoms with Crippen molar-refractivity contribution in [2.45, 2.75) is 38.5 Å². The van der Waals surface area contributed by atoms with Crippen LogP contribution in [0.5, 0.6) is 0 Å². The second-order valence-corrected chi connectivity index (χ2v) is 8.61. The quantitative estimate of drug-likeness (QED) is 0.893. The van der Waals surface area contributed by atoms with Crippen molar-refractivity contribution in [3.63, 3.8) is 0 Å². The minimum Gasteiger partial charge on any atom is -0.343 e. The van der Waals surface area contributed by atoms with E-state index >= 15 is 0 Å². The van der Waals surface area contributed by atoms with Crippen LogP contribution in [0.2, 0.25) is 0 Å². The molecule has 2 heterocycles. The number of sulfonamides is 1. The maximum atomic E-state index is 12.9. The lowest BCUT2D eigenvalue weighted by atomic mass is 10.1. The molecule has 1 aliphatic heterocycles. The number of aromatic nitrogens is 1. The summed E-state index contributed by atoms with van der Waals surface area (Å²) in [5.74, 6) is -0.110. The molecule has 6 nitrogen and oxygen atoms in total. The number of anilines is 1. The summed E-state index contributed by atoms with van der Waals surface area (Å²) in [5.41, 5.74) is 3.43. The molecule has 140 valence electrons. The molecule has 0 atom stereocenters. The van der Waals surface area contributed by atoms with Crippen molar-refractivity contribution in [1.29, 1.82) is 0 Å². The first-order valence-electron chi connectivity index (χ1n) is 8.76. The smallest absolute Gasteiger partial charge is 0.270 e. The Kier molecular flexibility index (Phi) is 4.84. The zero-order valence-electron chi connectivity index (χ0n) is 15.7. The lowest BCUT2D eigenvalue weighted by Crippen LogP contribution is -2.29. The van der Waals surface area contributed by atoms with Gasteiger partial charge in [0.1, 0.15) is 10.6 Å². The fourth-order valence-corrected chi connectivity index (χ4v) is 4.78. The Hall–Kier alpha value is -2.28. The lowest BCUT2D eigenvalue weighted by molar-refractivity contribution is 0.0783. The molecule has 3 rings (SSSR count). The molecule has 1 saturated heterocycles. The Morgan fingerprint density at radius 2 is 1.73 bits per heavy atom. The van der Waals surface area contributed by atoms with E-state index in [1.54, 1.807) is 29.5 Å². The van der Waals surface area contributed by atoms with Gasteiger partial charge in [0.2, 0.25) is 0 Å². The first-order chi connectivity index (χ1) is 12.2. The predicted octanol–water partition coefficient (Wildman–Crippen LogP) is 2.99. The number of hydrogen-bond donors (Lipinski definition) is 1. The normalized spacial score (nSPS) is 14.7. The number of carbonyl (C=O) groups excluding carboxylic acids is 1. The van der Waals surface area contributed by atoms with Crippen LogP contribution in [-0.4, -0.2) is 36.9 Å². The summed E-state index contributed by atoms with van der Waals surface area (Å²) in [6.45, 7) is 7.00. The highest BCUT2D eigenvalue weighted by molar-refractivity contribution is 7.92. The number of likely N-dealkylation sites (tertiary alicyclic amines) is 1. The van der Waals surface area contributed by atoms with Crippen LogP contribution >= 0.6 is 0 Å². The second kappa shape index (κ2) is 6.79. The molecule has 0 saturated carbocycles. The number of aryl methyl sites for hydroxylation is 2. The van der Waals surface area contributed by atoms with Gasteiger partial charge in [0.25, 0.3) is 15.9 Å². The van der Waals surface area contributed by atoms with Gasteiger partial charge in [-0.05, 0) is 51.3 Å². The van der Waals surface area contributed by atoms with Crippen molar-refractivity contribution in [2.75, 3.05) is 17.8 Å². The van der Waals surface area contributed by atoms with Crippen LogP contribution in [0.15, 0.2) is 29.2 Å². The van der Waals surface area contributed by atoms with Crippen molar-refractivity contribution >= 4 is 21.6 Å². The zero-order chi connectivity index (χ0) is 19.1. The number of benzene rings is 1. The van der Waals surface area contributed by atoms with Gasteiger partial charge in [0, 0.05) is 25.8 Å². The monoisotopic (exact) mass is 375 g/mol. The summed E-state index contributed by atoms with van der Waals surface area (Å²) in [7, 11) is -2.05. The van der Waals surface area contributed by atoms with Gasteiger partial charge >= 0.3 is 0 Å². The van der Waals surface area contributed by atoms with E-state index in [9.17, 15) is 13.2 Å².